The first-order valence-corrected chi connectivity index (χ1v) is 6.76. The van der Waals surface area contributed by atoms with E-state index in [2.05, 4.69) is 0 Å². The maximum absolute atomic E-state index is 12.3. The maximum Gasteiger partial charge on any atom is 0.308 e. The molecule has 0 radical (unpaired) electrons. The molecule has 6 nitrogen and oxygen atoms in total. The van der Waals surface area contributed by atoms with Gasteiger partial charge in [-0.1, -0.05) is 0 Å². The van der Waals surface area contributed by atoms with E-state index in [1.54, 1.807) is 17.0 Å². The summed E-state index contributed by atoms with van der Waals surface area (Å²) in [5, 5.41) is 9.29. The summed E-state index contributed by atoms with van der Waals surface area (Å²) in [5.41, 5.74) is 0. The summed E-state index contributed by atoms with van der Waals surface area (Å²) >= 11 is 0. The van der Waals surface area contributed by atoms with E-state index in [1.165, 1.54) is 7.11 Å². The normalized spacial score (nSPS) is 25.8. The number of carboxylic acids is 1. The minimum Gasteiger partial charge on any atom is -0.481 e. The lowest BCUT2D eigenvalue weighted by molar-refractivity contribution is -0.142. The van der Waals surface area contributed by atoms with Crippen LogP contribution in [0.15, 0.2) is 16.5 Å². The highest BCUT2D eigenvalue weighted by atomic mass is 16.6. The number of methoxy groups -OCH3 is 1. The predicted octanol–water partition coefficient (Wildman–Crippen LogP) is 1.47. The number of hydrogen-bond acceptors (Lipinski definition) is 4. The second kappa shape index (κ2) is 4.85. The van der Waals surface area contributed by atoms with Crippen LogP contribution in [0.1, 0.15) is 23.4 Å². The Labute approximate surface area is 116 Å². The molecule has 1 aliphatic carbocycles. The van der Waals surface area contributed by atoms with Crippen molar-refractivity contribution in [2.24, 2.45) is 17.8 Å². The van der Waals surface area contributed by atoms with Crippen molar-refractivity contribution in [1.29, 1.82) is 0 Å². The fourth-order valence-corrected chi connectivity index (χ4v) is 2.96. The molecule has 1 aliphatic heterocycles. The van der Waals surface area contributed by atoms with Crippen LogP contribution in [0.5, 0.6) is 5.95 Å². The molecular weight excluding hydrogens is 262 g/mol. The van der Waals surface area contributed by atoms with Gasteiger partial charge in [-0.05, 0) is 30.7 Å². The van der Waals surface area contributed by atoms with Crippen molar-refractivity contribution < 1.29 is 23.8 Å². The molecule has 0 unspecified atom stereocenters. The number of carbonyl (C=O) groups excluding carboxylic acids is 1. The molecule has 2 fully saturated rings. The van der Waals surface area contributed by atoms with Crippen LogP contribution < -0.4 is 4.74 Å². The number of rotatable bonds is 4. The summed E-state index contributed by atoms with van der Waals surface area (Å²) in [4.78, 5) is 25.2. The quantitative estimate of drug-likeness (QED) is 0.902. The van der Waals surface area contributed by atoms with E-state index in [1.807, 2.05) is 0 Å². The predicted molar refractivity (Wildman–Crippen MR) is 68.5 cm³/mol. The summed E-state index contributed by atoms with van der Waals surface area (Å²) in [6.45, 7) is 0.766. The van der Waals surface area contributed by atoms with Crippen LogP contribution in [0.4, 0.5) is 0 Å². The van der Waals surface area contributed by atoms with Gasteiger partial charge in [0.05, 0.1) is 13.0 Å². The fraction of sp³-hybridized carbons (Fsp3) is 0.571. The smallest absolute Gasteiger partial charge is 0.308 e. The van der Waals surface area contributed by atoms with Crippen molar-refractivity contribution in [2.45, 2.75) is 12.8 Å². The summed E-state index contributed by atoms with van der Waals surface area (Å²) in [6, 6.07) is 3.14. The number of amides is 1. The number of hydrogen-bond donors (Lipinski definition) is 1. The highest BCUT2D eigenvalue weighted by molar-refractivity contribution is 5.92. The standard InChI is InChI=1S/C14H17NO5/c1-19-12-5-4-11(20-12)13(16)15-6-9(8-2-3-8)10(7-15)14(17)18/h4-5,8-10H,2-3,6-7H2,1H3,(H,17,18)/t9-,10+/m0/s1. The van der Waals surface area contributed by atoms with Gasteiger partial charge in [-0.25, -0.2) is 0 Å². The summed E-state index contributed by atoms with van der Waals surface area (Å²) in [6.07, 6.45) is 2.15. The number of likely N-dealkylation sites (tertiary alicyclic amines) is 1. The van der Waals surface area contributed by atoms with Crippen LogP contribution in [0, 0.1) is 17.8 Å². The van der Waals surface area contributed by atoms with E-state index < -0.39 is 11.9 Å². The highest BCUT2D eigenvalue weighted by Crippen LogP contribution is 2.44. The monoisotopic (exact) mass is 279 g/mol. The Morgan fingerprint density at radius 2 is 2.10 bits per heavy atom. The Balaban J connectivity index is 1.74. The van der Waals surface area contributed by atoms with E-state index in [0.717, 1.165) is 12.8 Å². The Bertz CT molecular complexity index is 533. The van der Waals surface area contributed by atoms with Gasteiger partial charge >= 0.3 is 5.97 Å². The van der Waals surface area contributed by atoms with Crippen molar-refractivity contribution in [3.05, 3.63) is 17.9 Å². The van der Waals surface area contributed by atoms with Gasteiger partial charge in [-0.2, -0.15) is 0 Å². The molecule has 0 spiro atoms. The van der Waals surface area contributed by atoms with Crippen LogP contribution in [0.25, 0.3) is 0 Å². The van der Waals surface area contributed by atoms with E-state index in [0.29, 0.717) is 12.5 Å². The molecule has 0 aromatic carbocycles. The minimum atomic E-state index is -0.811. The lowest BCUT2D eigenvalue weighted by atomic mass is 9.92. The number of aliphatic carboxylic acids is 1. The second-order valence-corrected chi connectivity index (χ2v) is 5.48. The molecule has 2 heterocycles. The first-order valence-electron chi connectivity index (χ1n) is 6.76. The Morgan fingerprint density at radius 3 is 2.65 bits per heavy atom. The molecule has 1 aromatic heterocycles. The van der Waals surface area contributed by atoms with E-state index in [9.17, 15) is 14.7 Å². The number of nitrogens with zero attached hydrogens (tertiary/aromatic N) is 1. The van der Waals surface area contributed by atoms with Crippen LogP contribution in [0.3, 0.4) is 0 Å². The van der Waals surface area contributed by atoms with Crippen LogP contribution in [-0.2, 0) is 4.79 Å². The SMILES string of the molecule is COc1ccc(C(=O)N2C[C@@H](C(=O)O)[C@H](C3CC3)C2)o1. The molecule has 0 bridgehead atoms. The minimum absolute atomic E-state index is 0.0771. The molecule has 3 rings (SSSR count). The van der Waals surface area contributed by atoms with Crippen molar-refractivity contribution in [3.8, 4) is 5.95 Å². The number of furan rings is 1. The molecule has 20 heavy (non-hydrogen) atoms. The fourth-order valence-electron chi connectivity index (χ4n) is 2.96. The lowest BCUT2D eigenvalue weighted by Crippen LogP contribution is -2.29. The zero-order chi connectivity index (χ0) is 14.3. The molecule has 1 aromatic rings. The molecule has 108 valence electrons. The third-order valence-corrected chi connectivity index (χ3v) is 4.19. The lowest BCUT2D eigenvalue weighted by Gasteiger charge is -2.14. The molecular formula is C14H17NO5. The second-order valence-electron chi connectivity index (χ2n) is 5.48. The van der Waals surface area contributed by atoms with Crippen molar-refractivity contribution in [2.75, 3.05) is 20.2 Å². The van der Waals surface area contributed by atoms with Gasteiger partial charge < -0.3 is 19.2 Å². The summed E-state index contributed by atoms with van der Waals surface area (Å²) < 4.78 is 10.2. The third-order valence-electron chi connectivity index (χ3n) is 4.19. The zero-order valence-electron chi connectivity index (χ0n) is 11.2. The average molecular weight is 279 g/mol. The zero-order valence-corrected chi connectivity index (χ0v) is 11.2. The molecule has 6 heteroatoms. The van der Waals surface area contributed by atoms with Crippen LogP contribution in [0.2, 0.25) is 0 Å². The Kier molecular flexibility index (Phi) is 3.16. The molecule has 2 atom stereocenters. The van der Waals surface area contributed by atoms with Crippen molar-refractivity contribution in [3.63, 3.8) is 0 Å². The Hall–Kier alpha value is -1.98. The number of carbonyl (C=O) groups is 2. The molecule has 1 N–H and O–H groups in total. The summed E-state index contributed by atoms with van der Waals surface area (Å²) in [7, 11) is 1.46. The van der Waals surface area contributed by atoms with Gasteiger partial charge in [0, 0.05) is 19.2 Å². The van der Waals surface area contributed by atoms with Crippen LogP contribution >= 0.6 is 0 Å². The van der Waals surface area contributed by atoms with E-state index >= 15 is 0 Å². The maximum atomic E-state index is 12.3. The molecule has 1 saturated carbocycles. The topological polar surface area (TPSA) is 80.0 Å². The van der Waals surface area contributed by atoms with Gasteiger partial charge in [0.1, 0.15) is 0 Å². The van der Waals surface area contributed by atoms with Crippen molar-refractivity contribution in [1.82, 2.24) is 4.90 Å². The third kappa shape index (κ3) is 2.26. The van der Waals surface area contributed by atoms with E-state index in [-0.39, 0.29) is 30.1 Å². The average Bonchev–Trinajstić information content (AvgIpc) is 3.02. The van der Waals surface area contributed by atoms with Crippen molar-refractivity contribution >= 4 is 11.9 Å². The van der Waals surface area contributed by atoms with Gasteiger partial charge in [0.25, 0.3) is 11.9 Å². The van der Waals surface area contributed by atoms with Crippen LogP contribution in [-0.4, -0.2) is 42.1 Å². The van der Waals surface area contributed by atoms with Gasteiger partial charge in [-0.3, -0.25) is 9.59 Å². The van der Waals surface area contributed by atoms with Gasteiger partial charge in [0.2, 0.25) is 0 Å². The molecule has 1 saturated heterocycles. The Morgan fingerprint density at radius 1 is 1.35 bits per heavy atom. The first kappa shape index (κ1) is 13.0. The van der Waals surface area contributed by atoms with E-state index in [4.69, 9.17) is 9.15 Å². The first-order chi connectivity index (χ1) is 9.60. The molecule has 1 amide bonds. The van der Waals surface area contributed by atoms with Gasteiger partial charge in [-0.15, -0.1) is 0 Å². The summed E-state index contributed by atoms with van der Waals surface area (Å²) in [5.74, 6) is -0.517. The number of carboxylic acid groups (broad SMARTS) is 1. The highest BCUT2D eigenvalue weighted by Gasteiger charge is 2.47. The molecule has 2 aliphatic rings. The largest absolute Gasteiger partial charge is 0.481 e. The van der Waals surface area contributed by atoms with Gasteiger partial charge in [0.15, 0.2) is 5.76 Å². The number of ether oxygens (including phenoxy) is 1.